The number of aromatic nitrogens is 1. The summed E-state index contributed by atoms with van der Waals surface area (Å²) in [4.78, 5) is 19.4. The van der Waals surface area contributed by atoms with Crippen molar-refractivity contribution in [3.63, 3.8) is 0 Å². The monoisotopic (exact) mass is 338 g/mol. The lowest BCUT2D eigenvalue weighted by molar-refractivity contribution is 0.0724. The summed E-state index contributed by atoms with van der Waals surface area (Å²) in [5, 5.41) is 0. The number of nitrogens with zero attached hydrogens (tertiary/aromatic N) is 2. The molecule has 4 heteroatoms. The van der Waals surface area contributed by atoms with Gasteiger partial charge in [-0.05, 0) is 50.8 Å². The summed E-state index contributed by atoms with van der Waals surface area (Å²) in [6.45, 7) is 6.43. The molecule has 0 N–H and O–H groups in total. The fraction of sp³-hybridized carbons (Fsp3) is 0.429. The average Bonchev–Trinajstić information content (AvgIpc) is 2.68. The lowest BCUT2D eigenvalue weighted by atomic mass is 10.0. The van der Waals surface area contributed by atoms with Crippen molar-refractivity contribution in [3.05, 3.63) is 53.7 Å². The van der Waals surface area contributed by atoms with Crippen molar-refractivity contribution in [2.75, 3.05) is 19.7 Å². The zero-order chi connectivity index (χ0) is 17.6. The second kappa shape index (κ2) is 8.26. The first-order valence-electron chi connectivity index (χ1n) is 9.17. The zero-order valence-corrected chi connectivity index (χ0v) is 15.1. The SMILES string of the molecule is CCO[C@H](C)c1ccc(-c2ncccc2C(=O)N2CCCCC2)cc1. The maximum absolute atomic E-state index is 12.9. The van der Waals surface area contributed by atoms with Crippen LogP contribution in [0.2, 0.25) is 0 Å². The van der Waals surface area contributed by atoms with Crippen LogP contribution in [0.1, 0.15) is 55.1 Å². The number of ether oxygens (including phenoxy) is 1. The third-order valence-corrected chi connectivity index (χ3v) is 4.75. The van der Waals surface area contributed by atoms with E-state index in [9.17, 15) is 4.79 Å². The van der Waals surface area contributed by atoms with Gasteiger partial charge in [0.05, 0.1) is 17.4 Å². The molecule has 25 heavy (non-hydrogen) atoms. The highest BCUT2D eigenvalue weighted by atomic mass is 16.5. The van der Waals surface area contributed by atoms with Gasteiger partial charge in [0.15, 0.2) is 0 Å². The molecule has 0 spiro atoms. The Labute approximate surface area is 149 Å². The summed E-state index contributed by atoms with van der Waals surface area (Å²) >= 11 is 0. The smallest absolute Gasteiger partial charge is 0.256 e. The molecule has 0 saturated carbocycles. The molecule has 1 amide bonds. The van der Waals surface area contributed by atoms with Crippen molar-refractivity contribution >= 4 is 5.91 Å². The van der Waals surface area contributed by atoms with Crippen molar-refractivity contribution in [1.29, 1.82) is 0 Å². The van der Waals surface area contributed by atoms with Gasteiger partial charge in [-0.15, -0.1) is 0 Å². The normalized spacial score (nSPS) is 15.8. The average molecular weight is 338 g/mol. The summed E-state index contributed by atoms with van der Waals surface area (Å²) in [7, 11) is 0. The van der Waals surface area contributed by atoms with E-state index in [1.54, 1.807) is 6.20 Å². The van der Waals surface area contributed by atoms with E-state index in [4.69, 9.17) is 4.74 Å². The minimum atomic E-state index is 0.0669. The number of rotatable bonds is 5. The highest BCUT2D eigenvalue weighted by Gasteiger charge is 2.21. The minimum absolute atomic E-state index is 0.0669. The van der Waals surface area contributed by atoms with Crippen molar-refractivity contribution < 1.29 is 9.53 Å². The number of hydrogen-bond donors (Lipinski definition) is 0. The van der Waals surface area contributed by atoms with E-state index in [-0.39, 0.29) is 12.0 Å². The standard InChI is InChI=1S/C21H26N2O2/c1-3-25-16(2)17-9-11-18(12-10-17)20-19(8-7-13-22-20)21(24)23-14-5-4-6-15-23/h7-13,16H,3-6,14-15H2,1-2H3/t16-/m1/s1. The van der Waals surface area contributed by atoms with E-state index in [1.165, 1.54) is 6.42 Å². The van der Waals surface area contributed by atoms with Crippen LogP contribution in [0.5, 0.6) is 0 Å². The van der Waals surface area contributed by atoms with Crippen molar-refractivity contribution in [1.82, 2.24) is 9.88 Å². The summed E-state index contributed by atoms with van der Waals surface area (Å²) in [6.07, 6.45) is 5.20. The molecule has 1 aromatic heterocycles. The molecule has 132 valence electrons. The molecule has 1 aliphatic heterocycles. The Hall–Kier alpha value is -2.20. The van der Waals surface area contributed by atoms with Gasteiger partial charge >= 0.3 is 0 Å². The van der Waals surface area contributed by atoms with Gasteiger partial charge in [-0.25, -0.2) is 0 Å². The lowest BCUT2D eigenvalue weighted by Crippen LogP contribution is -2.35. The van der Waals surface area contributed by atoms with E-state index in [1.807, 2.05) is 43.0 Å². The number of piperidine rings is 1. The second-order valence-electron chi connectivity index (χ2n) is 6.47. The fourth-order valence-corrected chi connectivity index (χ4v) is 3.33. The van der Waals surface area contributed by atoms with E-state index in [0.29, 0.717) is 12.2 Å². The van der Waals surface area contributed by atoms with Gasteiger partial charge in [-0.2, -0.15) is 0 Å². The van der Waals surface area contributed by atoms with Crippen LogP contribution in [-0.4, -0.2) is 35.5 Å². The molecule has 1 aliphatic rings. The number of hydrogen-bond acceptors (Lipinski definition) is 3. The predicted molar refractivity (Wildman–Crippen MR) is 99.5 cm³/mol. The lowest BCUT2D eigenvalue weighted by Gasteiger charge is -2.27. The Bertz CT molecular complexity index is 706. The molecule has 1 saturated heterocycles. The van der Waals surface area contributed by atoms with Crippen LogP contribution in [0.4, 0.5) is 0 Å². The molecule has 1 atom stereocenters. The predicted octanol–water partition coefficient (Wildman–Crippen LogP) is 4.47. The van der Waals surface area contributed by atoms with Crippen molar-refractivity contribution in [3.8, 4) is 11.3 Å². The minimum Gasteiger partial charge on any atom is -0.374 e. The maximum atomic E-state index is 12.9. The third kappa shape index (κ3) is 4.07. The van der Waals surface area contributed by atoms with Crippen LogP contribution >= 0.6 is 0 Å². The first-order chi connectivity index (χ1) is 12.2. The summed E-state index contributed by atoms with van der Waals surface area (Å²) < 4.78 is 5.64. The van der Waals surface area contributed by atoms with Gasteiger partial charge in [-0.1, -0.05) is 24.3 Å². The number of benzene rings is 1. The molecule has 0 radical (unpaired) electrons. The Kier molecular flexibility index (Phi) is 5.82. The molecule has 3 rings (SSSR count). The number of likely N-dealkylation sites (tertiary alicyclic amines) is 1. The first kappa shape index (κ1) is 17.6. The van der Waals surface area contributed by atoms with Crippen LogP contribution in [-0.2, 0) is 4.74 Å². The molecule has 1 fully saturated rings. The highest BCUT2D eigenvalue weighted by molar-refractivity contribution is 5.99. The maximum Gasteiger partial charge on any atom is 0.256 e. The Morgan fingerprint density at radius 2 is 1.88 bits per heavy atom. The Balaban J connectivity index is 1.86. The molecular weight excluding hydrogens is 312 g/mol. The molecular formula is C21H26N2O2. The Morgan fingerprint density at radius 1 is 1.16 bits per heavy atom. The van der Waals surface area contributed by atoms with Crippen LogP contribution < -0.4 is 0 Å². The van der Waals surface area contributed by atoms with Crippen LogP contribution in [0.15, 0.2) is 42.6 Å². The van der Waals surface area contributed by atoms with Gasteiger partial charge in [0.1, 0.15) is 0 Å². The van der Waals surface area contributed by atoms with Gasteiger partial charge in [0.2, 0.25) is 0 Å². The quantitative estimate of drug-likeness (QED) is 0.807. The summed E-state index contributed by atoms with van der Waals surface area (Å²) in [5.74, 6) is 0.0922. The third-order valence-electron chi connectivity index (χ3n) is 4.75. The molecule has 0 unspecified atom stereocenters. The van der Waals surface area contributed by atoms with Crippen LogP contribution in [0, 0.1) is 0 Å². The van der Waals surface area contributed by atoms with Gasteiger partial charge < -0.3 is 9.64 Å². The summed E-state index contributed by atoms with van der Waals surface area (Å²) in [6, 6.07) is 11.9. The van der Waals surface area contributed by atoms with Gasteiger partial charge in [-0.3, -0.25) is 9.78 Å². The number of amides is 1. The molecule has 0 aliphatic carbocycles. The number of pyridine rings is 1. The van der Waals surface area contributed by atoms with E-state index in [0.717, 1.165) is 42.8 Å². The molecule has 4 nitrogen and oxygen atoms in total. The Morgan fingerprint density at radius 3 is 2.56 bits per heavy atom. The van der Waals surface area contributed by atoms with Gasteiger partial charge in [0.25, 0.3) is 5.91 Å². The highest BCUT2D eigenvalue weighted by Crippen LogP contribution is 2.26. The van der Waals surface area contributed by atoms with Crippen LogP contribution in [0.3, 0.4) is 0 Å². The molecule has 0 bridgehead atoms. The number of carbonyl (C=O) groups is 1. The van der Waals surface area contributed by atoms with E-state index < -0.39 is 0 Å². The number of carbonyl (C=O) groups excluding carboxylic acids is 1. The molecule has 2 aromatic rings. The van der Waals surface area contributed by atoms with E-state index in [2.05, 4.69) is 17.1 Å². The molecule has 2 heterocycles. The van der Waals surface area contributed by atoms with Crippen LogP contribution in [0.25, 0.3) is 11.3 Å². The zero-order valence-electron chi connectivity index (χ0n) is 15.1. The largest absolute Gasteiger partial charge is 0.374 e. The topological polar surface area (TPSA) is 42.4 Å². The van der Waals surface area contributed by atoms with Gasteiger partial charge in [0, 0.05) is 31.5 Å². The summed E-state index contributed by atoms with van der Waals surface area (Å²) in [5.41, 5.74) is 3.54. The van der Waals surface area contributed by atoms with Crippen molar-refractivity contribution in [2.45, 2.75) is 39.2 Å². The van der Waals surface area contributed by atoms with Crippen molar-refractivity contribution in [2.24, 2.45) is 0 Å². The van der Waals surface area contributed by atoms with E-state index >= 15 is 0 Å². The second-order valence-corrected chi connectivity index (χ2v) is 6.47. The molecule has 1 aromatic carbocycles. The first-order valence-corrected chi connectivity index (χ1v) is 9.17. The fourth-order valence-electron chi connectivity index (χ4n) is 3.33.